The van der Waals surface area contributed by atoms with Gasteiger partial charge in [-0.2, -0.15) is 0 Å². The first kappa shape index (κ1) is 21.8. The molecule has 0 aromatic heterocycles. The van der Waals surface area contributed by atoms with Crippen LogP contribution < -0.4 is 0 Å². The smallest absolute Gasteiger partial charge is 0.0120 e. The fourth-order valence-corrected chi connectivity index (χ4v) is 13.5. The average molecular weight is 413 g/mol. The lowest BCUT2D eigenvalue weighted by Crippen LogP contribution is -2.73. The summed E-state index contributed by atoms with van der Waals surface area (Å²) in [6, 6.07) is 0. The quantitative estimate of drug-likeness (QED) is 0.425. The number of rotatable bonds is 2. The molecule has 0 nitrogen and oxygen atoms in total. The van der Waals surface area contributed by atoms with Gasteiger partial charge in [0.2, 0.25) is 0 Å². The molecule has 30 heavy (non-hydrogen) atoms. The Kier molecular flexibility index (Phi) is 4.17. The maximum absolute atomic E-state index is 2.85. The number of fused-ring (bicyclic) bond motifs is 2. The lowest BCUT2D eigenvalue weighted by Gasteiger charge is -2.79. The lowest BCUT2D eigenvalue weighted by atomic mass is 9.25. The zero-order chi connectivity index (χ0) is 22.3. The van der Waals surface area contributed by atoms with Gasteiger partial charge < -0.3 is 0 Å². The first-order valence-electron chi connectivity index (χ1n) is 13.7. The van der Waals surface area contributed by atoms with Crippen LogP contribution in [0.3, 0.4) is 0 Å². The van der Waals surface area contributed by atoms with Crippen LogP contribution in [0, 0.1) is 73.9 Å². The van der Waals surface area contributed by atoms with Gasteiger partial charge in [-0.25, -0.2) is 0 Å². The van der Waals surface area contributed by atoms with E-state index in [1.807, 2.05) is 0 Å². The van der Waals surface area contributed by atoms with Crippen molar-refractivity contribution in [3.8, 4) is 0 Å². The molecular formula is C30H52. The summed E-state index contributed by atoms with van der Waals surface area (Å²) in [7, 11) is 0. The average Bonchev–Trinajstić information content (AvgIpc) is 2.90. The van der Waals surface area contributed by atoms with Crippen molar-refractivity contribution in [2.24, 2.45) is 73.9 Å². The highest BCUT2D eigenvalue weighted by molar-refractivity contribution is 5.39. The zero-order valence-corrected chi connectivity index (χ0v) is 22.3. The van der Waals surface area contributed by atoms with Gasteiger partial charge in [0.25, 0.3) is 0 Å². The Labute approximate surface area is 188 Å². The lowest BCUT2D eigenvalue weighted by molar-refractivity contribution is -0.313. The maximum Gasteiger partial charge on any atom is -0.0120 e. The molecule has 0 N–H and O–H groups in total. The summed E-state index contributed by atoms with van der Waals surface area (Å²) in [5.41, 5.74) is 3.11. The number of hydrogen-bond donors (Lipinski definition) is 0. The summed E-state index contributed by atoms with van der Waals surface area (Å²) in [5.74, 6) is 6.29. The molecule has 0 heteroatoms. The van der Waals surface area contributed by atoms with Gasteiger partial charge in [-0.3, -0.25) is 0 Å². The van der Waals surface area contributed by atoms with Crippen molar-refractivity contribution in [1.82, 2.24) is 0 Å². The van der Waals surface area contributed by atoms with E-state index in [-0.39, 0.29) is 0 Å². The topological polar surface area (TPSA) is 0 Å². The van der Waals surface area contributed by atoms with Crippen LogP contribution in [-0.2, 0) is 0 Å². The summed E-state index contributed by atoms with van der Waals surface area (Å²) in [6.07, 6.45) is 8.91. The molecule has 12 atom stereocenters. The fourth-order valence-electron chi connectivity index (χ4n) is 13.5. The van der Waals surface area contributed by atoms with Crippen LogP contribution in [0.1, 0.15) is 115 Å². The molecule has 5 fully saturated rings. The van der Waals surface area contributed by atoms with Crippen molar-refractivity contribution in [1.29, 1.82) is 0 Å². The maximum atomic E-state index is 2.85. The molecule has 1 spiro atoms. The molecule has 0 radical (unpaired) electrons. The van der Waals surface area contributed by atoms with Crippen LogP contribution >= 0.6 is 0 Å². The second-order valence-corrected chi connectivity index (χ2v) is 15.0. The van der Waals surface area contributed by atoms with Gasteiger partial charge in [0.05, 0.1) is 0 Å². The Morgan fingerprint density at radius 3 is 2.10 bits per heavy atom. The van der Waals surface area contributed by atoms with Crippen LogP contribution in [0.15, 0.2) is 0 Å². The number of hydrogen-bond acceptors (Lipinski definition) is 0. The Morgan fingerprint density at radius 2 is 1.50 bits per heavy atom. The van der Waals surface area contributed by atoms with E-state index in [0.29, 0.717) is 32.5 Å². The second kappa shape index (κ2) is 5.73. The predicted octanol–water partition coefficient (Wildman–Crippen LogP) is 8.85. The molecule has 5 aliphatic rings. The second-order valence-electron chi connectivity index (χ2n) is 15.0. The fraction of sp³-hybridized carbons (Fsp3) is 1.00. The van der Waals surface area contributed by atoms with E-state index in [4.69, 9.17) is 0 Å². The largest absolute Gasteiger partial charge is 0.0651 e. The minimum Gasteiger partial charge on any atom is -0.0651 e. The Morgan fingerprint density at radius 1 is 0.867 bits per heavy atom. The summed E-state index contributed by atoms with van der Waals surface area (Å²) >= 11 is 0. The monoisotopic (exact) mass is 412 g/mol. The van der Waals surface area contributed by atoms with Gasteiger partial charge in [-0.1, -0.05) is 82.6 Å². The normalized spacial score (nSPS) is 64.1. The highest BCUT2D eigenvalue weighted by Crippen LogP contribution is 2.98. The summed E-state index contributed by atoms with van der Waals surface area (Å²) in [5, 5.41) is 0. The summed E-state index contributed by atoms with van der Waals surface area (Å²) < 4.78 is 0. The van der Waals surface area contributed by atoms with E-state index in [1.165, 1.54) is 25.7 Å². The zero-order valence-electron chi connectivity index (χ0n) is 22.3. The van der Waals surface area contributed by atoms with Crippen LogP contribution in [-0.4, -0.2) is 0 Å². The van der Waals surface area contributed by atoms with Crippen LogP contribution in [0.4, 0.5) is 0 Å². The van der Waals surface area contributed by atoms with Crippen LogP contribution in [0.2, 0.25) is 0 Å². The molecule has 5 rings (SSSR count). The summed E-state index contributed by atoms with van der Waals surface area (Å²) in [6.45, 7) is 29.5. The Hall–Kier alpha value is 0. The standard InChI is InChI=1S/C30H52/c1-12-20(4)27(10)21(5)15-29-23-14-24-19(3)13-18(2)22(6)28(24,11)26(29,9)17-25(7,8)30(27,29)16-23/h18-24H,12-17H2,1-11H3/t18?,19?,20?,21?,22?,23?,24-,26?,27?,28?,29?,30?/m0/s1. The molecule has 5 saturated carbocycles. The molecule has 0 aromatic carbocycles. The third-order valence-corrected chi connectivity index (χ3v) is 14.9. The highest BCUT2D eigenvalue weighted by atomic mass is 15.0. The van der Waals surface area contributed by atoms with Gasteiger partial charge >= 0.3 is 0 Å². The molecule has 11 unspecified atom stereocenters. The van der Waals surface area contributed by atoms with Gasteiger partial charge in [0, 0.05) is 0 Å². The van der Waals surface area contributed by atoms with Gasteiger partial charge in [-0.15, -0.1) is 0 Å². The van der Waals surface area contributed by atoms with Crippen LogP contribution in [0.5, 0.6) is 0 Å². The summed E-state index contributed by atoms with van der Waals surface area (Å²) in [4.78, 5) is 0. The van der Waals surface area contributed by atoms with E-state index < -0.39 is 0 Å². The van der Waals surface area contributed by atoms with Gasteiger partial charge in [-0.05, 0) is 106 Å². The van der Waals surface area contributed by atoms with Crippen molar-refractivity contribution >= 4 is 0 Å². The third-order valence-electron chi connectivity index (χ3n) is 14.9. The van der Waals surface area contributed by atoms with E-state index in [1.54, 1.807) is 12.8 Å². The molecule has 0 heterocycles. The van der Waals surface area contributed by atoms with Crippen molar-refractivity contribution in [3.63, 3.8) is 0 Å². The van der Waals surface area contributed by atoms with E-state index in [0.717, 1.165) is 41.4 Å². The van der Waals surface area contributed by atoms with E-state index in [9.17, 15) is 0 Å². The SMILES string of the molecule is CCC(C)C1(C)C(C)CC23C4C[C@H]5C(C)CC(C)C(C)C5(C)C2(C)CC(C)(C)C13C4. The molecule has 0 aliphatic heterocycles. The minimum atomic E-state index is 0.461. The molecule has 0 aromatic rings. The van der Waals surface area contributed by atoms with E-state index in [2.05, 4.69) is 76.2 Å². The van der Waals surface area contributed by atoms with Gasteiger partial charge in [0.15, 0.2) is 0 Å². The van der Waals surface area contributed by atoms with Crippen molar-refractivity contribution < 1.29 is 0 Å². The van der Waals surface area contributed by atoms with E-state index >= 15 is 0 Å². The Bertz CT molecular complexity index is 749. The molecule has 0 saturated heterocycles. The molecule has 0 bridgehead atoms. The molecule has 0 amide bonds. The predicted molar refractivity (Wildman–Crippen MR) is 129 cm³/mol. The first-order chi connectivity index (χ1) is 13.7. The van der Waals surface area contributed by atoms with Crippen molar-refractivity contribution in [3.05, 3.63) is 0 Å². The van der Waals surface area contributed by atoms with Gasteiger partial charge in [0.1, 0.15) is 0 Å². The molecule has 5 aliphatic carbocycles. The van der Waals surface area contributed by atoms with Crippen molar-refractivity contribution in [2.45, 2.75) is 115 Å². The molecular weight excluding hydrogens is 360 g/mol. The van der Waals surface area contributed by atoms with Crippen molar-refractivity contribution in [2.75, 3.05) is 0 Å². The third kappa shape index (κ3) is 1.72. The minimum absolute atomic E-state index is 0.461. The highest BCUT2D eigenvalue weighted by Gasteiger charge is 2.92. The molecule has 172 valence electrons. The first-order valence-corrected chi connectivity index (χ1v) is 13.7. The Balaban J connectivity index is 1.77. The van der Waals surface area contributed by atoms with Crippen LogP contribution in [0.25, 0.3) is 0 Å².